The number of hydrogen-bond donors (Lipinski definition) is 4. The molecule has 0 aliphatic rings. The van der Waals surface area contributed by atoms with E-state index in [1.165, 1.54) is 0 Å². The number of rotatable bonds is 11. The van der Waals surface area contributed by atoms with Crippen LogP contribution in [0.4, 0.5) is 4.79 Å². The Bertz CT molecular complexity index is 425. The van der Waals surface area contributed by atoms with Gasteiger partial charge in [-0.3, -0.25) is 4.79 Å². The number of carbonyl (C=O) groups excluding carboxylic acids is 1. The number of amides is 2. The Morgan fingerprint density at radius 2 is 1.76 bits per heavy atom. The molecule has 0 aliphatic carbocycles. The fraction of sp³-hybridized carbons (Fsp3) is 0.833. The maximum Gasteiger partial charge on any atom is 0.314 e. The van der Waals surface area contributed by atoms with E-state index < -0.39 is 22.0 Å². The lowest BCUT2D eigenvalue weighted by atomic mass is 10.0. The zero-order chi connectivity index (χ0) is 16.3. The van der Waals surface area contributed by atoms with Crippen molar-refractivity contribution in [2.75, 3.05) is 25.4 Å². The molecule has 0 fully saturated rings. The van der Waals surface area contributed by atoms with Crippen molar-refractivity contribution < 1.29 is 23.1 Å². The summed E-state index contributed by atoms with van der Waals surface area (Å²) in [5.41, 5.74) is 0. The minimum atomic E-state index is -3.32. The van der Waals surface area contributed by atoms with Gasteiger partial charge in [0.1, 0.15) is 0 Å². The molecule has 0 bridgehead atoms. The second kappa shape index (κ2) is 10.4. The first-order valence-corrected chi connectivity index (χ1v) is 8.63. The van der Waals surface area contributed by atoms with Crippen LogP contribution in [0.3, 0.4) is 0 Å². The van der Waals surface area contributed by atoms with Crippen molar-refractivity contribution >= 4 is 22.0 Å². The minimum absolute atomic E-state index is 0.0374. The van der Waals surface area contributed by atoms with Crippen molar-refractivity contribution in [2.24, 2.45) is 5.92 Å². The summed E-state index contributed by atoms with van der Waals surface area (Å²) in [6, 6.07) is -0.424. The maximum atomic E-state index is 11.4. The number of carboxylic acid groups (broad SMARTS) is 1. The molecule has 0 spiro atoms. The first-order chi connectivity index (χ1) is 9.76. The van der Waals surface area contributed by atoms with Gasteiger partial charge in [-0.25, -0.2) is 17.9 Å². The van der Waals surface area contributed by atoms with Gasteiger partial charge in [0.05, 0.1) is 5.75 Å². The predicted octanol–water partition coefficient (Wildman–Crippen LogP) is 0.116. The van der Waals surface area contributed by atoms with E-state index in [1.807, 2.05) is 6.92 Å². The summed E-state index contributed by atoms with van der Waals surface area (Å²) >= 11 is 0. The quantitative estimate of drug-likeness (QED) is 0.430. The molecule has 0 aromatic carbocycles. The molecule has 9 heteroatoms. The van der Waals surface area contributed by atoms with Crippen LogP contribution in [0.5, 0.6) is 0 Å². The number of aliphatic carboxylic acids is 1. The van der Waals surface area contributed by atoms with E-state index in [0.29, 0.717) is 25.9 Å². The van der Waals surface area contributed by atoms with Gasteiger partial charge in [-0.15, -0.1) is 0 Å². The minimum Gasteiger partial charge on any atom is -0.481 e. The highest BCUT2D eigenvalue weighted by Crippen LogP contribution is 2.08. The topological polar surface area (TPSA) is 125 Å². The van der Waals surface area contributed by atoms with Crippen LogP contribution in [-0.4, -0.2) is 50.9 Å². The summed E-state index contributed by atoms with van der Waals surface area (Å²) in [6.45, 7) is 4.39. The smallest absolute Gasteiger partial charge is 0.314 e. The van der Waals surface area contributed by atoms with Crippen LogP contribution in [0, 0.1) is 5.92 Å². The second-order valence-electron chi connectivity index (χ2n) is 4.83. The normalized spacial score (nSPS) is 12.7. The van der Waals surface area contributed by atoms with Crippen LogP contribution in [-0.2, 0) is 14.8 Å². The van der Waals surface area contributed by atoms with Gasteiger partial charge in [0, 0.05) is 26.1 Å². The highest BCUT2D eigenvalue weighted by Gasteiger charge is 2.09. The van der Waals surface area contributed by atoms with E-state index in [1.54, 1.807) is 6.92 Å². The fourth-order valence-corrected chi connectivity index (χ4v) is 2.55. The van der Waals surface area contributed by atoms with Crippen molar-refractivity contribution in [3.63, 3.8) is 0 Å². The Hall–Kier alpha value is -1.35. The third kappa shape index (κ3) is 12.1. The van der Waals surface area contributed by atoms with Gasteiger partial charge in [0.2, 0.25) is 10.0 Å². The van der Waals surface area contributed by atoms with Crippen LogP contribution in [0.1, 0.15) is 33.1 Å². The van der Waals surface area contributed by atoms with Crippen LogP contribution in [0.25, 0.3) is 0 Å². The van der Waals surface area contributed by atoms with E-state index in [-0.39, 0.29) is 24.6 Å². The molecule has 0 aromatic heterocycles. The SMILES string of the molecule is CCNS(=O)(=O)CCNC(=O)NCCC(C)CCC(=O)O. The van der Waals surface area contributed by atoms with Gasteiger partial charge in [-0.2, -0.15) is 0 Å². The number of hydrogen-bond acceptors (Lipinski definition) is 4. The summed E-state index contributed by atoms with van der Waals surface area (Å²) < 4.78 is 25.0. The molecule has 0 aromatic rings. The molecule has 0 aliphatic heterocycles. The monoisotopic (exact) mass is 323 g/mol. The molecule has 21 heavy (non-hydrogen) atoms. The maximum absolute atomic E-state index is 11.4. The van der Waals surface area contributed by atoms with Gasteiger partial charge < -0.3 is 15.7 Å². The van der Waals surface area contributed by atoms with Gasteiger partial charge in [0.25, 0.3) is 0 Å². The zero-order valence-electron chi connectivity index (χ0n) is 12.5. The summed E-state index contributed by atoms with van der Waals surface area (Å²) in [4.78, 5) is 21.8. The molecule has 124 valence electrons. The third-order valence-electron chi connectivity index (χ3n) is 2.79. The van der Waals surface area contributed by atoms with E-state index in [4.69, 9.17) is 5.11 Å². The molecule has 0 rings (SSSR count). The molecule has 0 saturated heterocycles. The van der Waals surface area contributed by atoms with Crippen molar-refractivity contribution in [3.8, 4) is 0 Å². The van der Waals surface area contributed by atoms with Crippen LogP contribution < -0.4 is 15.4 Å². The first kappa shape index (κ1) is 19.7. The fourth-order valence-electron chi connectivity index (χ4n) is 1.60. The molecular weight excluding hydrogens is 298 g/mol. The molecular formula is C12H25N3O5S. The van der Waals surface area contributed by atoms with Crippen LogP contribution in [0.2, 0.25) is 0 Å². The van der Waals surface area contributed by atoms with E-state index in [2.05, 4.69) is 15.4 Å². The Balaban J connectivity index is 3.70. The Morgan fingerprint density at radius 3 is 2.33 bits per heavy atom. The van der Waals surface area contributed by atoms with E-state index in [0.717, 1.165) is 0 Å². The zero-order valence-corrected chi connectivity index (χ0v) is 13.3. The average Bonchev–Trinajstić information content (AvgIpc) is 2.36. The lowest BCUT2D eigenvalue weighted by Gasteiger charge is -2.11. The Labute approximate surface area is 125 Å². The van der Waals surface area contributed by atoms with Gasteiger partial charge in [-0.05, 0) is 18.8 Å². The number of carboxylic acids is 1. The lowest BCUT2D eigenvalue weighted by molar-refractivity contribution is -0.137. The number of urea groups is 1. The number of sulfonamides is 1. The molecule has 0 radical (unpaired) electrons. The van der Waals surface area contributed by atoms with Crippen molar-refractivity contribution in [3.05, 3.63) is 0 Å². The highest BCUT2D eigenvalue weighted by atomic mass is 32.2. The van der Waals surface area contributed by atoms with Gasteiger partial charge >= 0.3 is 12.0 Å². The largest absolute Gasteiger partial charge is 0.481 e. The molecule has 1 atom stereocenters. The third-order valence-corrected chi connectivity index (χ3v) is 4.26. The Kier molecular flexibility index (Phi) is 9.72. The molecule has 8 nitrogen and oxygen atoms in total. The molecule has 4 N–H and O–H groups in total. The van der Waals surface area contributed by atoms with E-state index >= 15 is 0 Å². The average molecular weight is 323 g/mol. The summed E-state index contributed by atoms with van der Waals surface area (Å²) in [5, 5.41) is 13.6. The van der Waals surface area contributed by atoms with Crippen molar-refractivity contribution in [1.82, 2.24) is 15.4 Å². The lowest BCUT2D eigenvalue weighted by Crippen LogP contribution is -2.40. The van der Waals surface area contributed by atoms with Crippen LogP contribution >= 0.6 is 0 Å². The number of carbonyl (C=O) groups is 2. The Morgan fingerprint density at radius 1 is 1.14 bits per heavy atom. The van der Waals surface area contributed by atoms with Gasteiger partial charge in [0.15, 0.2) is 0 Å². The second-order valence-corrected chi connectivity index (χ2v) is 6.75. The number of nitrogens with one attached hydrogen (secondary N) is 3. The first-order valence-electron chi connectivity index (χ1n) is 6.97. The van der Waals surface area contributed by atoms with Gasteiger partial charge in [-0.1, -0.05) is 13.8 Å². The van der Waals surface area contributed by atoms with Crippen molar-refractivity contribution in [2.45, 2.75) is 33.1 Å². The van der Waals surface area contributed by atoms with Crippen molar-refractivity contribution in [1.29, 1.82) is 0 Å². The molecule has 0 heterocycles. The molecule has 2 amide bonds. The summed E-state index contributed by atoms with van der Waals surface area (Å²) in [7, 11) is -3.32. The predicted molar refractivity (Wildman–Crippen MR) is 79.5 cm³/mol. The molecule has 1 unspecified atom stereocenters. The standard InChI is InChI=1S/C12H25N3O5S/c1-3-15-21(19,20)9-8-14-12(18)13-7-6-10(2)4-5-11(16)17/h10,15H,3-9H2,1-2H3,(H,16,17)(H2,13,14,18). The molecule has 0 saturated carbocycles. The van der Waals surface area contributed by atoms with Crippen LogP contribution in [0.15, 0.2) is 0 Å². The highest BCUT2D eigenvalue weighted by molar-refractivity contribution is 7.89. The summed E-state index contributed by atoms with van der Waals surface area (Å²) in [5.74, 6) is -0.784. The summed E-state index contributed by atoms with van der Waals surface area (Å²) in [6.07, 6.45) is 1.37. The van der Waals surface area contributed by atoms with E-state index in [9.17, 15) is 18.0 Å².